The van der Waals surface area contributed by atoms with Crippen LogP contribution in [0.5, 0.6) is 0 Å². The van der Waals surface area contributed by atoms with E-state index in [9.17, 15) is 14.4 Å². The Morgan fingerprint density at radius 1 is 1.00 bits per heavy atom. The van der Waals surface area contributed by atoms with Gasteiger partial charge in [-0.05, 0) is 20.8 Å². The second-order valence-electron chi connectivity index (χ2n) is 2.74. The first kappa shape index (κ1) is 10.8. The van der Waals surface area contributed by atoms with Crippen molar-refractivity contribution in [2.45, 2.75) is 33.3 Å². The van der Waals surface area contributed by atoms with Crippen molar-refractivity contribution in [2.75, 3.05) is 0 Å². The number of hydrogen-bond acceptors (Lipinski definition) is 4. The van der Waals surface area contributed by atoms with Gasteiger partial charge in [-0.2, -0.15) is 0 Å². The molecular formula is C8H12O4. The van der Waals surface area contributed by atoms with Gasteiger partial charge in [0.2, 0.25) is 5.60 Å². The Morgan fingerprint density at radius 3 is 1.42 bits per heavy atom. The minimum absolute atomic E-state index is 0.467. The zero-order chi connectivity index (χ0) is 9.94. The summed E-state index contributed by atoms with van der Waals surface area (Å²) in [6.45, 7) is 4.87. The van der Waals surface area contributed by atoms with Crippen LogP contribution in [0.25, 0.3) is 0 Å². The van der Waals surface area contributed by atoms with Crippen LogP contribution in [0.4, 0.5) is 0 Å². The smallest absolute Gasteiger partial charge is 0.304 e. The highest BCUT2D eigenvalue weighted by Crippen LogP contribution is 2.13. The van der Waals surface area contributed by atoms with Gasteiger partial charge in [0, 0.05) is 6.92 Å². The normalized spacial score (nSPS) is 10.7. The fraction of sp³-hybridized carbons (Fsp3) is 0.625. The van der Waals surface area contributed by atoms with E-state index in [-0.39, 0.29) is 0 Å². The van der Waals surface area contributed by atoms with Crippen molar-refractivity contribution < 1.29 is 19.1 Å². The summed E-state index contributed by atoms with van der Waals surface area (Å²) < 4.78 is 4.62. The van der Waals surface area contributed by atoms with E-state index in [1.165, 1.54) is 20.8 Å². The first-order chi connectivity index (χ1) is 5.30. The van der Waals surface area contributed by atoms with Crippen LogP contribution in [0.2, 0.25) is 0 Å². The molecule has 4 nitrogen and oxygen atoms in total. The maximum Gasteiger partial charge on any atom is 0.304 e. The van der Waals surface area contributed by atoms with Gasteiger partial charge in [-0.25, -0.2) is 0 Å². The van der Waals surface area contributed by atoms with Crippen LogP contribution in [0.1, 0.15) is 27.7 Å². The minimum Gasteiger partial charge on any atom is -0.443 e. The third-order valence-corrected chi connectivity index (χ3v) is 1.69. The van der Waals surface area contributed by atoms with Crippen molar-refractivity contribution in [2.24, 2.45) is 0 Å². The van der Waals surface area contributed by atoms with Crippen molar-refractivity contribution in [3.63, 3.8) is 0 Å². The molecule has 0 rings (SSSR count). The van der Waals surface area contributed by atoms with Gasteiger partial charge in [-0.15, -0.1) is 0 Å². The number of rotatable bonds is 3. The fourth-order valence-electron chi connectivity index (χ4n) is 0.679. The van der Waals surface area contributed by atoms with Gasteiger partial charge in [-0.1, -0.05) is 0 Å². The van der Waals surface area contributed by atoms with Crippen LogP contribution in [-0.4, -0.2) is 23.1 Å². The predicted octanol–water partition coefficient (Wildman–Crippen LogP) is 0.486. The molecule has 0 spiro atoms. The summed E-state index contributed by atoms with van der Waals surface area (Å²) in [6, 6.07) is 0. The second-order valence-corrected chi connectivity index (χ2v) is 2.74. The predicted molar refractivity (Wildman–Crippen MR) is 41.5 cm³/mol. The summed E-state index contributed by atoms with van der Waals surface area (Å²) >= 11 is 0. The van der Waals surface area contributed by atoms with Crippen molar-refractivity contribution in [1.82, 2.24) is 0 Å². The first-order valence-corrected chi connectivity index (χ1v) is 3.52. The lowest BCUT2D eigenvalue weighted by Crippen LogP contribution is -2.44. The average molecular weight is 172 g/mol. The summed E-state index contributed by atoms with van der Waals surface area (Å²) in [5.74, 6) is -1.57. The molecule has 68 valence electrons. The molecule has 0 aromatic rings. The molecule has 0 atom stereocenters. The molecule has 0 aromatic carbocycles. The van der Waals surface area contributed by atoms with E-state index < -0.39 is 23.1 Å². The number of hydrogen-bond donors (Lipinski definition) is 0. The fourth-order valence-corrected chi connectivity index (χ4v) is 0.679. The lowest BCUT2D eigenvalue weighted by atomic mass is 9.97. The van der Waals surface area contributed by atoms with Crippen molar-refractivity contribution in [3.8, 4) is 0 Å². The first-order valence-electron chi connectivity index (χ1n) is 3.52. The molecule has 0 amide bonds. The van der Waals surface area contributed by atoms with Crippen molar-refractivity contribution >= 4 is 17.5 Å². The topological polar surface area (TPSA) is 60.4 Å². The van der Waals surface area contributed by atoms with Crippen LogP contribution in [0.3, 0.4) is 0 Å². The highest BCUT2D eigenvalue weighted by atomic mass is 16.6. The Labute approximate surface area is 70.9 Å². The molecule has 0 aliphatic carbocycles. The quantitative estimate of drug-likeness (QED) is 0.459. The Balaban J connectivity index is 4.75. The molecule has 0 saturated heterocycles. The second kappa shape index (κ2) is 3.47. The van der Waals surface area contributed by atoms with Crippen molar-refractivity contribution in [3.05, 3.63) is 0 Å². The summed E-state index contributed by atoms with van der Waals surface area (Å²) in [6.07, 6.45) is 0. The molecule has 0 aliphatic heterocycles. The van der Waals surface area contributed by atoms with Crippen LogP contribution >= 0.6 is 0 Å². The average Bonchev–Trinajstić information content (AvgIpc) is 1.84. The number of carbonyl (C=O) groups excluding carboxylic acids is 3. The standard InChI is InChI=1S/C8H12O4/c1-5(9)8(4,6(2)10)12-7(3)11/h1-4H3. The largest absolute Gasteiger partial charge is 0.443 e. The summed E-state index contributed by atoms with van der Waals surface area (Å²) in [5.41, 5.74) is -1.61. The third kappa shape index (κ3) is 2.15. The maximum absolute atomic E-state index is 10.9. The Bertz CT molecular complexity index is 215. The SMILES string of the molecule is CC(=O)OC(C)(C(C)=O)C(C)=O. The molecule has 0 radical (unpaired) electrons. The zero-order valence-electron chi connectivity index (χ0n) is 7.63. The lowest BCUT2D eigenvalue weighted by Gasteiger charge is -2.22. The number of esters is 1. The van der Waals surface area contributed by atoms with Crippen LogP contribution < -0.4 is 0 Å². The van der Waals surface area contributed by atoms with E-state index in [4.69, 9.17) is 0 Å². The van der Waals surface area contributed by atoms with Gasteiger partial charge in [0.15, 0.2) is 11.6 Å². The summed E-state index contributed by atoms with van der Waals surface area (Å²) in [4.78, 5) is 32.4. The molecule has 0 aromatic heterocycles. The molecule has 0 unspecified atom stereocenters. The molecule has 0 fully saturated rings. The Kier molecular flexibility index (Phi) is 3.13. The zero-order valence-corrected chi connectivity index (χ0v) is 7.63. The van der Waals surface area contributed by atoms with Crippen LogP contribution in [-0.2, 0) is 19.1 Å². The molecule has 0 bridgehead atoms. The highest BCUT2D eigenvalue weighted by molar-refractivity contribution is 6.09. The molecule has 0 aliphatic rings. The third-order valence-electron chi connectivity index (χ3n) is 1.69. The van der Waals surface area contributed by atoms with Crippen LogP contribution in [0.15, 0.2) is 0 Å². The number of carbonyl (C=O) groups is 3. The number of Topliss-reactive ketones (excluding diaryl/α,β-unsaturated/α-hetero) is 2. The van der Waals surface area contributed by atoms with E-state index in [1.807, 2.05) is 0 Å². The summed E-state index contributed by atoms with van der Waals surface area (Å²) in [7, 11) is 0. The minimum atomic E-state index is -1.61. The highest BCUT2D eigenvalue weighted by Gasteiger charge is 2.38. The Hall–Kier alpha value is -1.19. The van der Waals surface area contributed by atoms with Gasteiger partial charge >= 0.3 is 5.97 Å². The Morgan fingerprint density at radius 2 is 1.33 bits per heavy atom. The van der Waals surface area contributed by atoms with E-state index in [1.54, 1.807) is 0 Å². The van der Waals surface area contributed by atoms with Gasteiger partial charge in [-0.3, -0.25) is 14.4 Å². The molecule has 12 heavy (non-hydrogen) atoms. The van der Waals surface area contributed by atoms with Crippen molar-refractivity contribution in [1.29, 1.82) is 0 Å². The van der Waals surface area contributed by atoms with Gasteiger partial charge < -0.3 is 4.74 Å². The van der Waals surface area contributed by atoms with E-state index in [0.717, 1.165) is 6.92 Å². The molecule has 0 heterocycles. The number of ketones is 2. The van der Waals surface area contributed by atoms with Crippen LogP contribution in [0, 0.1) is 0 Å². The van der Waals surface area contributed by atoms with E-state index in [2.05, 4.69) is 4.74 Å². The molecule has 0 N–H and O–H groups in total. The lowest BCUT2D eigenvalue weighted by molar-refractivity contribution is -0.168. The van der Waals surface area contributed by atoms with E-state index in [0.29, 0.717) is 0 Å². The molecule has 4 heteroatoms. The monoisotopic (exact) mass is 172 g/mol. The maximum atomic E-state index is 10.9. The molecular weight excluding hydrogens is 160 g/mol. The van der Waals surface area contributed by atoms with Gasteiger partial charge in [0.05, 0.1) is 0 Å². The molecule has 0 saturated carbocycles. The summed E-state index contributed by atoms with van der Waals surface area (Å²) in [5, 5.41) is 0. The van der Waals surface area contributed by atoms with Gasteiger partial charge in [0.25, 0.3) is 0 Å². The van der Waals surface area contributed by atoms with E-state index >= 15 is 0 Å². The van der Waals surface area contributed by atoms with Gasteiger partial charge in [0.1, 0.15) is 0 Å². The number of ether oxygens (including phenoxy) is 1.